The molecule has 3 heteroatoms. The topological polar surface area (TPSA) is 26.5 Å². The molecular formula is C33H30N2O. The highest BCUT2D eigenvalue weighted by molar-refractivity contribution is 5.94. The molecule has 0 unspecified atom stereocenters. The highest BCUT2D eigenvalue weighted by Crippen LogP contribution is 2.36. The number of ether oxygens (including phenoxy) is 1. The van der Waals surface area contributed by atoms with Gasteiger partial charge in [0.05, 0.1) is 23.7 Å². The predicted octanol–water partition coefficient (Wildman–Crippen LogP) is 8.58. The summed E-state index contributed by atoms with van der Waals surface area (Å²) >= 11 is 0. The summed E-state index contributed by atoms with van der Waals surface area (Å²) < 4.78 is 8.03. The molecule has 0 amide bonds. The minimum atomic E-state index is 0.645. The number of hydrogen-bond donors (Lipinski definition) is 0. The monoisotopic (exact) mass is 470 g/mol. The fourth-order valence-corrected chi connectivity index (χ4v) is 4.64. The lowest BCUT2D eigenvalue weighted by Gasteiger charge is -2.15. The zero-order valence-corrected chi connectivity index (χ0v) is 21.0. The first kappa shape index (κ1) is 23.4. The van der Waals surface area contributed by atoms with E-state index in [1.54, 1.807) is 0 Å². The zero-order chi connectivity index (χ0) is 24.9. The normalized spacial score (nSPS) is 11.2. The van der Waals surface area contributed by atoms with Gasteiger partial charge >= 0.3 is 0 Å². The lowest BCUT2D eigenvalue weighted by atomic mass is 10.1. The van der Waals surface area contributed by atoms with Crippen molar-refractivity contribution >= 4 is 11.9 Å². The summed E-state index contributed by atoms with van der Waals surface area (Å²) in [6.45, 7) is 6.86. The molecule has 0 aliphatic heterocycles. The van der Waals surface area contributed by atoms with Crippen molar-refractivity contribution in [3.63, 3.8) is 0 Å². The van der Waals surface area contributed by atoms with E-state index in [2.05, 4.69) is 109 Å². The lowest BCUT2D eigenvalue weighted by molar-refractivity contribution is 0.340. The van der Waals surface area contributed by atoms with E-state index in [1.165, 1.54) is 11.1 Å². The minimum Gasteiger partial charge on any atom is -0.494 e. The fourth-order valence-electron chi connectivity index (χ4n) is 4.64. The van der Waals surface area contributed by atoms with Crippen LogP contribution in [-0.4, -0.2) is 17.4 Å². The van der Waals surface area contributed by atoms with Crippen LogP contribution in [0, 0.1) is 13.8 Å². The van der Waals surface area contributed by atoms with Crippen molar-refractivity contribution in [2.45, 2.75) is 20.8 Å². The fraction of sp³-hybridized carbons (Fsp3) is 0.121. The van der Waals surface area contributed by atoms with Crippen LogP contribution in [0.3, 0.4) is 0 Å². The summed E-state index contributed by atoms with van der Waals surface area (Å²) in [6, 6.07) is 38.0. The largest absolute Gasteiger partial charge is 0.494 e. The third-order valence-electron chi connectivity index (χ3n) is 6.11. The Kier molecular flexibility index (Phi) is 6.81. The minimum absolute atomic E-state index is 0.645. The summed E-state index contributed by atoms with van der Waals surface area (Å²) in [5.41, 5.74) is 10.0. The first-order chi connectivity index (χ1) is 17.6. The van der Waals surface area contributed by atoms with Crippen LogP contribution in [0.15, 0.2) is 114 Å². The van der Waals surface area contributed by atoms with Gasteiger partial charge in [-0.15, -0.1) is 0 Å². The molecule has 5 aromatic rings. The average molecular weight is 471 g/mol. The third kappa shape index (κ3) is 5.01. The Balaban J connectivity index is 1.74. The van der Waals surface area contributed by atoms with Crippen LogP contribution in [0.25, 0.3) is 28.2 Å². The molecule has 0 radical (unpaired) electrons. The van der Waals surface area contributed by atoms with Gasteiger partial charge in [0.1, 0.15) is 5.75 Å². The summed E-state index contributed by atoms with van der Waals surface area (Å²) in [7, 11) is 0. The van der Waals surface area contributed by atoms with Gasteiger partial charge in [-0.05, 0) is 85.5 Å². The van der Waals surface area contributed by atoms with Crippen molar-refractivity contribution in [1.82, 2.24) is 4.57 Å². The molecule has 1 aromatic heterocycles. The number of aryl methyl sites for hydroxylation is 2. The Hall–Kier alpha value is -4.37. The molecule has 5 rings (SSSR count). The molecule has 0 atom stereocenters. The van der Waals surface area contributed by atoms with E-state index in [9.17, 15) is 0 Å². The quantitative estimate of drug-likeness (QED) is 0.219. The summed E-state index contributed by atoms with van der Waals surface area (Å²) in [5.74, 6) is 0.868. The van der Waals surface area contributed by atoms with Crippen LogP contribution in [0.4, 0.5) is 5.69 Å². The third-order valence-corrected chi connectivity index (χ3v) is 6.11. The molecule has 0 saturated carbocycles. The Bertz CT molecular complexity index is 1460. The molecule has 0 aliphatic carbocycles. The van der Waals surface area contributed by atoms with Crippen LogP contribution in [0.5, 0.6) is 5.75 Å². The van der Waals surface area contributed by atoms with Gasteiger partial charge in [0, 0.05) is 17.5 Å². The average Bonchev–Trinajstić information content (AvgIpc) is 3.28. The molecule has 4 aromatic carbocycles. The van der Waals surface area contributed by atoms with Gasteiger partial charge in [-0.2, -0.15) is 0 Å². The summed E-state index contributed by atoms with van der Waals surface area (Å²) in [5, 5.41) is 0. The molecule has 36 heavy (non-hydrogen) atoms. The molecular weight excluding hydrogens is 440 g/mol. The Morgan fingerprint density at radius 1 is 0.722 bits per heavy atom. The van der Waals surface area contributed by atoms with Crippen molar-refractivity contribution in [1.29, 1.82) is 0 Å². The molecule has 0 N–H and O–H groups in total. The number of hydrogen-bond acceptors (Lipinski definition) is 2. The van der Waals surface area contributed by atoms with Gasteiger partial charge in [-0.3, -0.25) is 4.99 Å². The van der Waals surface area contributed by atoms with Gasteiger partial charge in [-0.1, -0.05) is 66.7 Å². The molecule has 0 spiro atoms. The number of aliphatic imine (C=N–C) groups is 1. The van der Waals surface area contributed by atoms with Crippen LogP contribution in [0.1, 0.15) is 23.6 Å². The molecule has 0 bridgehead atoms. The van der Waals surface area contributed by atoms with Crippen LogP contribution < -0.4 is 4.74 Å². The van der Waals surface area contributed by atoms with Gasteiger partial charge < -0.3 is 9.30 Å². The second-order valence-electron chi connectivity index (χ2n) is 8.93. The van der Waals surface area contributed by atoms with Crippen molar-refractivity contribution < 1.29 is 4.74 Å². The smallest absolute Gasteiger partial charge is 0.119 e. The van der Waals surface area contributed by atoms with E-state index in [4.69, 9.17) is 9.73 Å². The van der Waals surface area contributed by atoms with E-state index in [0.29, 0.717) is 6.61 Å². The highest BCUT2D eigenvalue weighted by atomic mass is 16.5. The van der Waals surface area contributed by atoms with E-state index in [-0.39, 0.29) is 0 Å². The maximum atomic E-state index is 5.71. The van der Waals surface area contributed by atoms with Crippen molar-refractivity contribution in [3.05, 3.63) is 126 Å². The van der Waals surface area contributed by atoms with Crippen molar-refractivity contribution in [2.24, 2.45) is 4.99 Å². The standard InChI is InChI=1S/C33H30N2O/c1-4-36-31-17-15-30(16-18-31)35-32(26-11-7-5-8-12-26)22-28(33(35)27-13-9-6-10-14-27)23-34-29-20-24(2)19-25(3)21-29/h5-23H,4H2,1-3H3. The summed E-state index contributed by atoms with van der Waals surface area (Å²) in [6.07, 6.45) is 1.99. The molecule has 0 fully saturated rings. The molecule has 1 heterocycles. The SMILES string of the molecule is CCOc1ccc(-n2c(-c3ccccc3)cc(C=Nc3cc(C)cc(C)c3)c2-c2ccccc2)cc1. The number of benzene rings is 4. The van der Waals surface area contributed by atoms with Crippen LogP contribution in [0.2, 0.25) is 0 Å². The first-order valence-corrected chi connectivity index (χ1v) is 12.3. The van der Waals surface area contributed by atoms with E-state index >= 15 is 0 Å². The number of aromatic nitrogens is 1. The predicted molar refractivity (Wildman–Crippen MR) is 151 cm³/mol. The maximum Gasteiger partial charge on any atom is 0.119 e. The first-order valence-electron chi connectivity index (χ1n) is 12.3. The second kappa shape index (κ2) is 10.5. The molecule has 0 aliphatic rings. The Morgan fingerprint density at radius 3 is 1.94 bits per heavy atom. The second-order valence-corrected chi connectivity index (χ2v) is 8.93. The zero-order valence-electron chi connectivity index (χ0n) is 21.0. The molecule has 0 saturated heterocycles. The molecule has 178 valence electrons. The number of nitrogens with zero attached hydrogens (tertiary/aromatic N) is 2. The van der Waals surface area contributed by atoms with Gasteiger partial charge in [-0.25, -0.2) is 0 Å². The summed E-state index contributed by atoms with van der Waals surface area (Å²) in [4.78, 5) is 4.91. The van der Waals surface area contributed by atoms with Crippen LogP contribution in [-0.2, 0) is 0 Å². The number of rotatable bonds is 7. The van der Waals surface area contributed by atoms with Gasteiger partial charge in [0.25, 0.3) is 0 Å². The van der Waals surface area contributed by atoms with E-state index in [0.717, 1.165) is 45.2 Å². The van der Waals surface area contributed by atoms with Crippen LogP contribution >= 0.6 is 0 Å². The van der Waals surface area contributed by atoms with Crippen molar-refractivity contribution in [3.8, 4) is 34.0 Å². The Morgan fingerprint density at radius 2 is 1.33 bits per heavy atom. The Labute approximate surface area is 213 Å². The molecule has 3 nitrogen and oxygen atoms in total. The maximum absolute atomic E-state index is 5.71. The van der Waals surface area contributed by atoms with E-state index < -0.39 is 0 Å². The highest BCUT2D eigenvalue weighted by Gasteiger charge is 2.18. The lowest BCUT2D eigenvalue weighted by Crippen LogP contribution is -2.01. The van der Waals surface area contributed by atoms with Gasteiger partial charge in [0.15, 0.2) is 0 Å². The van der Waals surface area contributed by atoms with Gasteiger partial charge in [0.2, 0.25) is 0 Å². The van der Waals surface area contributed by atoms with E-state index in [1.807, 2.05) is 31.3 Å². The van der Waals surface area contributed by atoms with Crippen molar-refractivity contribution in [2.75, 3.05) is 6.61 Å².